The SMILES string of the molecule is CC(C)N1CC[C@@H](C(C)(F)F)C1. The Labute approximate surface area is 72.7 Å². The van der Waals surface area contributed by atoms with Gasteiger partial charge >= 0.3 is 0 Å². The summed E-state index contributed by atoms with van der Waals surface area (Å²) < 4.78 is 25.7. The Balaban J connectivity index is 2.46. The third-order valence-electron chi connectivity index (χ3n) is 2.67. The second-order valence-electron chi connectivity index (χ2n) is 4.03. The van der Waals surface area contributed by atoms with Crippen LogP contribution in [0, 0.1) is 5.92 Å². The summed E-state index contributed by atoms with van der Waals surface area (Å²) in [6.45, 7) is 6.51. The van der Waals surface area contributed by atoms with Gasteiger partial charge in [-0.1, -0.05) is 0 Å². The fraction of sp³-hybridized carbons (Fsp3) is 1.00. The van der Waals surface area contributed by atoms with Crippen LogP contribution in [0.1, 0.15) is 27.2 Å². The van der Waals surface area contributed by atoms with Crippen molar-refractivity contribution in [2.75, 3.05) is 13.1 Å². The Kier molecular flexibility index (Phi) is 2.71. The molecule has 1 rings (SSSR count). The lowest BCUT2D eigenvalue weighted by Gasteiger charge is -2.22. The smallest absolute Gasteiger partial charge is 0.249 e. The molecule has 1 nitrogen and oxygen atoms in total. The van der Waals surface area contributed by atoms with Crippen molar-refractivity contribution in [3.8, 4) is 0 Å². The fourth-order valence-corrected chi connectivity index (χ4v) is 1.67. The van der Waals surface area contributed by atoms with Crippen molar-refractivity contribution < 1.29 is 8.78 Å². The first kappa shape index (κ1) is 9.90. The third-order valence-corrected chi connectivity index (χ3v) is 2.67. The number of likely N-dealkylation sites (tertiary alicyclic amines) is 1. The topological polar surface area (TPSA) is 3.24 Å². The Bertz CT molecular complexity index is 151. The van der Waals surface area contributed by atoms with Gasteiger partial charge < -0.3 is 4.90 Å². The lowest BCUT2D eigenvalue weighted by molar-refractivity contribution is -0.0359. The van der Waals surface area contributed by atoms with Crippen molar-refractivity contribution >= 4 is 0 Å². The molecular formula is C9H17F2N. The summed E-state index contributed by atoms with van der Waals surface area (Å²) in [5.41, 5.74) is 0. The Morgan fingerprint density at radius 2 is 2.00 bits per heavy atom. The minimum atomic E-state index is -2.50. The molecule has 0 aromatic carbocycles. The van der Waals surface area contributed by atoms with Gasteiger partial charge in [0.25, 0.3) is 0 Å². The molecule has 1 fully saturated rings. The maximum absolute atomic E-state index is 12.8. The van der Waals surface area contributed by atoms with Gasteiger partial charge in [0.2, 0.25) is 5.92 Å². The van der Waals surface area contributed by atoms with E-state index < -0.39 is 11.8 Å². The quantitative estimate of drug-likeness (QED) is 0.626. The number of hydrogen-bond donors (Lipinski definition) is 0. The highest BCUT2D eigenvalue weighted by Gasteiger charge is 2.39. The average molecular weight is 177 g/mol. The third kappa shape index (κ3) is 2.16. The zero-order chi connectivity index (χ0) is 9.35. The van der Waals surface area contributed by atoms with Crippen LogP contribution < -0.4 is 0 Å². The Hall–Kier alpha value is -0.180. The lowest BCUT2D eigenvalue weighted by atomic mass is 10.0. The highest BCUT2D eigenvalue weighted by Crippen LogP contribution is 2.32. The van der Waals surface area contributed by atoms with Gasteiger partial charge in [-0.25, -0.2) is 8.78 Å². The summed E-state index contributed by atoms with van der Waals surface area (Å²) in [5, 5.41) is 0. The molecule has 1 aliphatic rings. The van der Waals surface area contributed by atoms with E-state index in [9.17, 15) is 8.78 Å². The molecule has 72 valence electrons. The minimum absolute atomic E-state index is 0.400. The van der Waals surface area contributed by atoms with Gasteiger partial charge in [-0.3, -0.25) is 0 Å². The number of nitrogens with zero attached hydrogens (tertiary/aromatic N) is 1. The van der Waals surface area contributed by atoms with Crippen LogP contribution in [0.4, 0.5) is 8.78 Å². The van der Waals surface area contributed by atoms with E-state index in [1.165, 1.54) is 0 Å². The summed E-state index contributed by atoms with van der Waals surface area (Å²) in [7, 11) is 0. The molecule has 3 heteroatoms. The molecule has 0 radical (unpaired) electrons. The molecule has 0 spiro atoms. The van der Waals surface area contributed by atoms with Crippen LogP contribution in [0.3, 0.4) is 0 Å². The van der Waals surface area contributed by atoms with Crippen LogP contribution in [0.25, 0.3) is 0 Å². The summed E-state index contributed by atoms with van der Waals surface area (Å²) >= 11 is 0. The van der Waals surface area contributed by atoms with Crippen LogP contribution in [-0.2, 0) is 0 Å². The van der Waals surface area contributed by atoms with E-state index in [1.54, 1.807) is 0 Å². The van der Waals surface area contributed by atoms with Gasteiger partial charge in [-0.15, -0.1) is 0 Å². The molecule has 0 aromatic rings. The second-order valence-corrected chi connectivity index (χ2v) is 4.03. The van der Waals surface area contributed by atoms with E-state index in [-0.39, 0.29) is 0 Å². The van der Waals surface area contributed by atoms with E-state index in [2.05, 4.69) is 18.7 Å². The minimum Gasteiger partial charge on any atom is -0.300 e. The highest BCUT2D eigenvalue weighted by atomic mass is 19.3. The normalized spacial score (nSPS) is 27.0. The molecule has 0 unspecified atom stereocenters. The first-order valence-electron chi connectivity index (χ1n) is 4.53. The molecule has 1 heterocycles. The van der Waals surface area contributed by atoms with Crippen LogP contribution in [-0.4, -0.2) is 30.0 Å². The van der Waals surface area contributed by atoms with Crippen molar-refractivity contribution in [2.24, 2.45) is 5.92 Å². The lowest BCUT2D eigenvalue weighted by Crippen LogP contribution is -2.32. The van der Waals surface area contributed by atoms with Gasteiger partial charge in [-0.05, 0) is 33.7 Å². The zero-order valence-electron chi connectivity index (χ0n) is 7.98. The van der Waals surface area contributed by atoms with Gasteiger partial charge in [0.1, 0.15) is 0 Å². The predicted octanol–water partition coefficient (Wildman–Crippen LogP) is 2.37. The van der Waals surface area contributed by atoms with E-state index in [1.807, 2.05) is 0 Å². The largest absolute Gasteiger partial charge is 0.300 e. The maximum atomic E-state index is 12.8. The number of alkyl halides is 2. The van der Waals surface area contributed by atoms with Crippen molar-refractivity contribution in [3.63, 3.8) is 0 Å². The summed E-state index contributed by atoms with van der Waals surface area (Å²) in [4.78, 5) is 2.11. The molecule has 0 saturated carbocycles. The number of halogens is 2. The summed E-state index contributed by atoms with van der Waals surface area (Å²) in [6, 6.07) is 0.400. The molecule has 1 atom stereocenters. The van der Waals surface area contributed by atoms with E-state index >= 15 is 0 Å². The van der Waals surface area contributed by atoms with Crippen LogP contribution in [0.2, 0.25) is 0 Å². The zero-order valence-corrected chi connectivity index (χ0v) is 7.98. The van der Waals surface area contributed by atoms with Crippen LogP contribution in [0.5, 0.6) is 0 Å². The van der Waals surface area contributed by atoms with Crippen LogP contribution >= 0.6 is 0 Å². The molecular weight excluding hydrogens is 160 g/mol. The fourth-order valence-electron chi connectivity index (χ4n) is 1.67. The number of hydrogen-bond acceptors (Lipinski definition) is 1. The molecule has 0 aromatic heterocycles. The molecule has 0 aliphatic carbocycles. The van der Waals surface area contributed by atoms with Gasteiger partial charge in [0, 0.05) is 18.5 Å². The maximum Gasteiger partial charge on any atom is 0.249 e. The standard InChI is InChI=1S/C9H17F2N/c1-7(2)12-5-4-8(6-12)9(3,10)11/h7-8H,4-6H2,1-3H3/t8-/m1/s1. The molecule has 0 bridgehead atoms. The van der Waals surface area contributed by atoms with E-state index in [4.69, 9.17) is 0 Å². The monoisotopic (exact) mass is 177 g/mol. The highest BCUT2D eigenvalue weighted by molar-refractivity contribution is 4.84. The van der Waals surface area contributed by atoms with Gasteiger partial charge in [0.15, 0.2) is 0 Å². The van der Waals surface area contributed by atoms with Crippen molar-refractivity contribution in [1.29, 1.82) is 0 Å². The summed E-state index contributed by atoms with van der Waals surface area (Å²) in [6.07, 6.45) is 0.641. The van der Waals surface area contributed by atoms with Crippen molar-refractivity contribution in [1.82, 2.24) is 4.90 Å². The molecule has 0 amide bonds. The van der Waals surface area contributed by atoms with E-state index in [0.717, 1.165) is 13.5 Å². The first-order chi connectivity index (χ1) is 5.41. The van der Waals surface area contributed by atoms with Crippen molar-refractivity contribution in [3.05, 3.63) is 0 Å². The Morgan fingerprint density at radius 1 is 1.42 bits per heavy atom. The van der Waals surface area contributed by atoms with Gasteiger partial charge in [0.05, 0.1) is 0 Å². The first-order valence-corrected chi connectivity index (χ1v) is 4.53. The average Bonchev–Trinajstić information content (AvgIpc) is 2.30. The predicted molar refractivity (Wildman–Crippen MR) is 45.4 cm³/mol. The molecule has 1 aliphatic heterocycles. The molecule has 1 saturated heterocycles. The second kappa shape index (κ2) is 3.29. The molecule has 12 heavy (non-hydrogen) atoms. The van der Waals surface area contributed by atoms with E-state index in [0.29, 0.717) is 19.0 Å². The van der Waals surface area contributed by atoms with Crippen LogP contribution in [0.15, 0.2) is 0 Å². The molecule has 0 N–H and O–H groups in total. The number of rotatable bonds is 2. The van der Waals surface area contributed by atoms with Crippen molar-refractivity contribution in [2.45, 2.75) is 39.2 Å². The summed E-state index contributed by atoms with van der Waals surface area (Å²) in [5.74, 6) is -2.93. The van der Waals surface area contributed by atoms with Gasteiger partial charge in [-0.2, -0.15) is 0 Å². The Morgan fingerprint density at radius 3 is 2.25 bits per heavy atom.